The van der Waals surface area contributed by atoms with Gasteiger partial charge in [0.05, 0.1) is 5.92 Å². The van der Waals surface area contributed by atoms with Crippen LogP contribution in [0.5, 0.6) is 0 Å². The van der Waals surface area contributed by atoms with Crippen LogP contribution in [0.1, 0.15) is 38.5 Å². The number of aliphatic carboxylic acids is 1. The standard InChI is InChI=1S/C19H19NO3/c1-12-6-5-9-15(13(12)2)18(21)20-10-14-7-3-4-8-16(14)17(11-20)19(22)23/h3-9,17H,10-11H2,1-2H3,(H,22,23). The summed E-state index contributed by atoms with van der Waals surface area (Å²) in [6, 6.07) is 13.1. The van der Waals surface area contributed by atoms with Crippen molar-refractivity contribution in [1.82, 2.24) is 4.90 Å². The van der Waals surface area contributed by atoms with Gasteiger partial charge in [-0.25, -0.2) is 0 Å². The molecule has 1 atom stereocenters. The van der Waals surface area contributed by atoms with Crippen molar-refractivity contribution in [2.24, 2.45) is 0 Å². The van der Waals surface area contributed by atoms with Crippen molar-refractivity contribution in [1.29, 1.82) is 0 Å². The molecule has 1 aliphatic heterocycles. The monoisotopic (exact) mass is 309 g/mol. The Hall–Kier alpha value is -2.62. The lowest BCUT2D eigenvalue weighted by Crippen LogP contribution is -2.40. The number of carboxylic acid groups (broad SMARTS) is 1. The fourth-order valence-corrected chi connectivity index (χ4v) is 3.13. The average Bonchev–Trinajstić information content (AvgIpc) is 2.55. The second-order valence-electron chi connectivity index (χ2n) is 6.02. The summed E-state index contributed by atoms with van der Waals surface area (Å²) >= 11 is 0. The van der Waals surface area contributed by atoms with Crippen LogP contribution in [-0.2, 0) is 11.3 Å². The average molecular weight is 309 g/mol. The number of carbonyl (C=O) groups is 2. The van der Waals surface area contributed by atoms with E-state index in [9.17, 15) is 14.7 Å². The minimum atomic E-state index is -0.893. The molecule has 1 heterocycles. The normalized spacial score (nSPS) is 16.8. The molecule has 1 amide bonds. The molecule has 3 rings (SSSR count). The van der Waals surface area contributed by atoms with Gasteiger partial charge in [0.25, 0.3) is 5.91 Å². The maximum atomic E-state index is 12.9. The van der Waals surface area contributed by atoms with Crippen molar-refractivity contribution in [3.63, 3.8) is 0 Å². The number of rotatable bonds is 2. The Morgan fingerprint density at radius 3 is 2.57 bits per heavy atom. The first-order chi connectivity index (χ1) is 11.0. The molecule has 0 saturated carbocycles. The molecule has 1 unspecified atom stereocenters. The maximum absolute atomic E-state index is 12.9. The first-order valence-corrected chi connectivity index (χ1v) is 7.65. The van der Waals surface area contributed by atoms with E-state index in [0.29, 0.717) is 12.1 Å². The van der Waals surface area contributed by atoms with Gasteiger partial charge in [-0.15, -0.1) is 0 Å². The van der Waals surface area contributed by atoms with Crippen molar-refractivity contribution >= 4 is 11.9 Å². The maximum Gasteiger partial charge on any atom is 0.312 e. The van der Waals surface area contributed by atoms with Crippen molar-refractivity contribution in [2.75, 3.05) is 6.54 Å². The molecule has 118 valence electrons. The molecule has 0 fully saturated rings. The van der Waals surface area contributed by atoms with E-state index >= 15 is 0 Å². The summed E-state index contributed by atoms with van der Waals surface area (Å²) in [5.41, 5.74) is 4.37. The number of hydrogen-bond acceptors (Lipinski definition) is 2. The molecular weight excluding hydrogens is 290 g/mol. The lowest BCUT2D eigenvalue weighted by atomic mass is 9.89. The Labute approximate surface area is 135 Å². The topological polar surface area (TPSA) is 57.6 Å². The van der Waals surface area contributed by atoms with Crippen LogP contribution in [0.15, 0.2) is 42.5 Å². The van der Waals surface area contributed by atoms with Gasteiger partial charge in [0.2, 0.25) is 0 Å². The van der Waals surface area contributed by atoms with Crippen molar-refractivity contribution in [3.8, 4) is 0 Å². The minimum absolute atomic E-state index is 0.105. The molecule has 0 spiro atoms. The van der Waals surface area contributed by atoms with E-state index < -0.39 is 11.9 Å². The molecule has 4 heteroatoms. The van der Waals surface area contributed by atoms with Gasteiger partial charge in [0, 0.05) is 18.7 Å². The summed E-state index contributed by atoms with van der Waals surface area (Å²) in [5.74, 6) is -1.67. The molecule has 2 aromatic carbocycles. The van der Waals surface area contributed by atoms with Crippen LogP contribution in [0.3, 0.4) is 0 Å². The van der Waals surface area contributed by atoms with E-state index in [-0.39, 0.29) is 12.5 Å². The summed E-state index contributed by atoms with van der Waals surface area (Å²) in [6.45, 7) is 4.55. The van der Waals surface area contributed by atoms with E-state index in [1.54, 1.807) is 11.0 Å². The van der Waals surface area contributed by atoms with Crippen LogP contribution in [-0.4, -0.2) is 28.4 Å². The molecule has 0 saturated heterocycles. The Morgan fingerprint density at radius 1 is 1.09 bits per heavy atom. The van der Waals surface area contributed by atoms with Gasteiger partial charge in [0.1, 0.15) is 0 Å². The fourth-order valence-electron chi connectivity index (χ4n) is 3.13. The van der Waals surface area contributed by atoms with Crippen molar-refractivity contribution < 1.29 is 14.7 Å². The van der Waals surface area contributed by atoms with Crippen LogP contribution in [0, 0.1) is 13.8 Å². The van der Waals surface area contributed by atoms with Gasteiger partial charge in [0.15, 0.2) is 0 Å². The number of aryl methyl sites for hydroxylation is 1. The number of carboxylic acids is 1. The van der Waals surface area contributed by atoms with Crippen LogP contribution in [0.25, 0.3) is 0 Å². The SMILES string of the molecule is Cc1cccc(C(=O)N2Cc3ccccc3C(C(=O)O)C2)c1C. The number of hydrogen-bond donors (Lipinski definition) is 1. The van der Waals surface area contributed by atoms with Crippen LogP contribution in [0.2, 0.25) is 0 Å². The first kappa shape index (κ1) is 15.3. The predicted octanol–water partition coefficient (Wildman–Crippen LogP) is 3.13. The Kier molecular flexibility index (Phi) is 3.90. The third-order valence-electron chi connectivity index (χ3n) is 4.62. The quantitative estimate of drug-likeness (QED) is 0.927. The van der Waals surface area contributed by atoms with Crippen molar-refractivity contribution in [3.05, 3.63) is 70.3 Å². The van der Waals surface area contributed by atoms with Gasteiger partial charge in [-0.1, -0.05) is 36.4 Å². The molecule has 1 aliphatic rings. The molecule has 1 N–H and O–H groups in total. The number of amides is 1. The third kappa shape index (κ3) is 2.72. The summed E-state index contributed by atoms with van der Waals surface area (Å²) in [7, 11) is 0. The zero-order valence-corrected chi connectivity index (χ0v) is 13.2. The van der Waals surface area contributed by atoms with Gasteiger partial charge < -0.3 is 10.0 Å². The second-order valence-corrected chi connectivity index (χ2v) is 6.02. The van der Waals surface area contributed by atoms with Crippen LogP contribution < -0.4 is 0 Å². The highest BCUT2D eigenvalue weighted by molar-refractivity contribution is 5.96. The summed E-state index contributed by atoms with van der Waals surface area (Å²) in [4.78, 5) is 26.1. The van der Waals surface area contributed by atoms with E-state index in [4.69, 9.17) is 0 Å². The molecule has 0 aromatic heterocycles. The summed E-state index contributed by atoms with van der Waals surface area (Å²) in [5, 5.41) is 9.52. The van der Waals surface area contributed by atoms with Crippen LogP contribution in [0.4, 0.5) is 0 Å². The summed E-state index contributed by atoms with van der Waals surface area (Å²) in [6.07, 6.45) is 0. The zero-order chi connectivity index (χ0) is 16.6. The van der Waals surface area contributed by atoms with Gasteiger partial charge in [-0.05, 0) is 42.2 Å². The largest absolute Gasteiger partial charge is 0.481 e. The highest BCUT2D eigenvalue weighted by Gasteiger charge is 2.33. The molecular formula is C19H19NO3. The molecule has 0 bridgehead atoms. The molecule has 0 radical (unpaired) electrons. The number of benzene rings is 2. The van der Waals surface area contributed by atoms with Gasteiger partial charge in [-0.2, -0.15) is 0 Å². The first-order valence-electron chi connectivity index (χ1n) is 7.65. The fraction of sp³-hybridized carbons (Fsp3) is 0.263. The van der Waals surface area contributed by atoms with E-state index in [1.165, 1.54) is 0 Å². The summed E-state index contributed by atoms with van der Waals surface area (Å²) < 4.78 is 0. The zero-order valence-electron chi connectivity index (χ0n) is 13.2. The Bertz CT molecular complexity index is 782. The van der Waals surface area contributed by atoms with Crippen molar-refractivity contribution in [2.45, 2.75) is 26.3 Å². The third-order valence-corrected chi connectivity index (χ3v) is 4.62. The highest BCUT2D eigenvalue weighted by Crippen LogP contribution is 2.30. The smallest absolute Gasteiger partial charge is 0.312 e. The lowest BCUT2D eigenvalue weighted by molar-refractivity contribution is -0.139. The van der Waals surface area contributed by atoms with E-state index in [2.05, 4.69) is 0 Å². The van der Waals surface area contributed by atoms with Gasteiger partial charge in [-0.3, -0.25) is 9.59 Å². The predicted molar refractivity (Wildman–Crippen MR) is 87.5 cm³/mol. The highest BCUT2D eigenvalue weighted by atomic mass is 16.4. The van der Waals surface area contributed by atoms with Gasteiger partial charge >= 0.3 is 5.97 Å². The Balaban J connectivity index is 1.97. The molecule has 2 aromatic rings. The number of fused-ring (bicyclic) bond motifs is 1. The lowest BCUT2D eigenvalue weighted by Gasteiger charge is -2.33. The molecule has 4 nitrogen and oxygen atoms in total. The van der Waals surface area contributed by atoms with Crippen LogP contribution >= 0.6 is 0 Å². The number of nitrogens with zero attached hydrogens (tertiary/aromatic N) is 1. The molecule has 0 aliphatic carbocycles. The molecule has 23 heavy (non-hydrogen) atoms. The van der Waals surface area contributed by atoms with E-state index in [1.807, 2.05) is 50.2 Å². The minimum Gasteiger partial charge on any atom is -0.481 e. The number of carbonyl (C=O) groups excluding carboxylic acids is 1. The van der Waals surface area contributed by atoms with E-state index in [0.717, 1.165) is 22.3 Å². The Morgan fingerprint density at radius 2 is 1.83 bits per heavy atom. The second kappa shape index (κ2) is 5.88.